The van der Waals surface area contributed by atoms with Gasteiger partial charge < -0.3 is 20.1 Å². The highest BCUT2D eigenvalue weighted by Gasteiger charge is 2.09. The fraction of sp³-hybridized carbons (Fsp3) is 0.222. The van der Waals surface area contributed by atoms with Gasteiger partial charge in [0.05, 0.1) is 26.3 Å². The number of carbonyl (C=O) groups excluding carboxylic acids is 2. The summed E-state index contributed by atoms with van der Waals surface area (Å²) in [5.41, 5.74) is 1.97. The van der Waals surface area contributed by atoms with Crippen LogP contribution < -0.4 is 20.1 Å². The molecule has 0 aliphatic carbocycles. The van der Waals surface area contributed by atoms with Gasteiger partial charge >= 0.3 is 0 Å². The number of hydrogen-bond acceptors (Lipinski definition) is 4. The van der Waals surface area contributed by atoms with Crippen LogP contribution in [-0.2, 0) is 16.0 Å². The minimum absolute atomic E-state index is 0.154. The molecule has 0 bridgehead atoms. The topological polar surface area (TPSA) is 76.7 Å². The largest absolute Gasteiger partial charge is 0.497 e. The number of carbonyl (C=O) groups is 2. The molecule has 0 unspecified atom stereocenters. The van der Waals surface area contributed by atoms with Crippen molar-refractivity contribution in [3.05, 3.63) is 48.0 Å². The standard InChI is InChI=1S/C18H20N2O4/c1-12(21)19-16-11-14(6-9-17(16)24-3)20-18(22)10-13-4-7-15(23-2)8-5-13/h4-9,11H,10H2,1-3H3,(H,19,21)(H,20,22). The molecule has 2 amide bonds. The lowest BCUT2D eigenvalue weighted by molar-refractivity contribution is -0.115. The summed E-state index contributed by atoms with van der Waals surface area (Å²) in [6.45, 7) is 1.41. The molecule has 0 aliphatic rings. The second kappa shape index (κ2) is 8.01. The predicted octanol–water partition coefficient (Wildman–Crippen LogP) is 2.84. The third-order valence-electron chi connectivity index (χ3n) is 3.32. The van der Waals surface area contributed by atoms with Crippen molar-refractivity contribution in [3.63, 3.8) is 0 Å². The maximum absolute atomic E-state index is 12.2. The Balaban J connectivity index is 2.06. The highest BCUT2D eigenvalue weighted by Crippen LogP contribution is 2.27. The maximum atomic E-state index is 12.2. The molecule has 2 N–H and O–H groups in total. The van der Waals surface area contributed by atoms with Crippen molar-refractivity contribution in [3.8, 4) is 11.5 Å². The van der Waals surface area contributed by atoms with E-state index in [2.05, 4.69) is 10.6 Å². The molecule has 0 atom stereocenters. The zero-order valence-corrected chi connectivity index (χ0v) is 13.9. The van der Waals surface area contributed by atoms with Crippen molar-refractivity contribution in [1.29, 1.82) is 0 Å². The minimum atomic E-state index is -0.213. The van der Waals surface area contributed by atoms with E-state index in [0.29, 0.717) is 17.1 Å². The molecule has 2 aromatic carbocycles. The summed E-state index contributed by atoms with van der Waals surface area (Å²) in [5.74, 6) is 0.904. The van der Waals surface area contributed by atoms with E-state index in [1.165, 1.54) is 14.0 Å². The molecule has 126 valence electrons. The fourth-order valence-corrected chi connectivity index (χ4v) is 2.21. The first kappa shape index (κ1) is 17.3. The van der Waals surface area contributed by atoms with Gasteiger partial charge in [-0.2, -0.15) is 0 Å². The number of benzene rings is 2. The molecule has 6 nitrogen and oxygen atoms in total. The molecule has 0 spiro atoms. The smallest absolute Gasteiger partial charge is 0.228 e. The van der Waals surface area contributed by atoms with Crippen molar-refractivity contribution >= 4 is 23.2 Å². The first-order valence-electron chi connectivity index (χ1n) is 7.40. The Morgan fingerprint density at radius 3 is 2.25 bits per heavy atom. The normalized spacial score (nSPS) is 9.96. The molecular weight excluding hydrogens is 308 g/mol. The molecule has 24 heavy (non-hydrogen) atoms. The average Bonchev–Trinajstić information content (AvgIpc) is 2.55. The van der Waals surface area contributed by atoms with E-state index in [4.69, 9.17) is 9.47 Å². The molecular formula is C18H20N2O4. The number of methoxy groups -OCH3 is 2. The van der Waals surface area contributed by atoms with E-state index < -0.39 is 0 Å². The van der Waals surface area contributed by atoms with Gasteiger partial charge in [-0.25, -0.2) is 0 Å². The Labute approximate surface area is 140 Å². The van der Waals surface area contributed by atoms with Crippen LogP contribution in [0.2, 0.25) is 0 Å². The highest BCUT2D eigenvalue weighted by molar-refractivity contribution is 5.95. The SMILES string of the molecule is COc1ccc(CC(=O)Nc2ccc(OC)c(NC(C)=O)c2)cc1. The van der Waals surface area contributed by atoms with Crippen LogP contribution in [0.3, 0.4) is 0 Å². The molecule has 2 aromatic rings. The van der Waals surface area contributed by atoms with E-state index in [0.717, 1.165) is 11.3 Å². The van der Waals surface area contributed by atoms with Crippen molar-refractivity contribution in [2.45, 2.75) is 13.3 Å². The van der Waals surface area contributed by atoms with Gasteiger partial charge in [-0.3, -0.25) is 9.59 Å². The molecule has 0 fully saturated rings. The maximum Gasteiger partial charge on any atom is 0.228 e. The zero-order valence-electron chi connectivity index (χ0n) is 13.9. The molecule has 2 rings (SSSR count). The number of nitrogens with one attached hydrogen (secondary N) is 2. The number of rotatable bonds is 6. The summed E-state index contributed by atoms with van der Waals surface area (Å²) in [6.07, 6.45) is 0.242. The van der Waals surface area contributed by atoms with Crippen LogP contribution in [0.1, 0.15) is 12.5 Å². The van der Waals surface area contributed by atoms with Crippen LogP contribution in [0.4, 0.5) is 11.4 Å². The molecule has 0 aliphatic heterocycles. The third kappa shape index (κ3) is 4.74. The van der Waals surface area contributed by atoms with E-state index in [1.807, 2.05) is 24.3 Å². The van der Waals surface area contributed by atoms with E-state index >= 15 is 0 Å². The number of amides is 2. The lowest BCUT2D eigenvalue weighted by Crippen LogP contribution is -2.15. The Morgan fingerprint density at radius 1 is 0.958 bits per heavy atom. The zero-order chi connectivity index (χ0) is 17.5. The average molecular weight is 328 g/mol. The van der Waals surface area contributed by atoms with E-state index in [-0.39, 0.29) is 18.2 Å². The number of ether oxygens (including phenoxy) is 2. The molecule has 0 radical (unpaired) electrons. The van der Waals surface area contributed by atoms with Crippen LogP contribution in [0, 0.1) is 0 Å². The molecule has 0 saturated carbocycles. The Hall–Kier alpha value is -3.02. The Kier molecular flexibility index (Phi) is 5.78. The van der Waals surface area contributed by atoms with Gasteiger partial charge in [0.15, 0.2) is 0 Å². The van der Waals surface area contributed by atoms with Crippen molar-refractivity contribution in [1.82, 2.24) is 0 Å². The van der Waals surface area contributed by atoms with Gasteiger partial charge in [-0.15, -0.1) is 0 Å². The van der Waals surface area contributed by atoms with Crippen molar-refractivity contribution in [2.24, 2.45) is 0 Å². The summed E-state index contributed by atoms with van der Waals surface area (Å²) in [7, 11) is 3.11. The summed E-state index contributed by atoms with van der Waals surface area (Å²) in [4.78, 5) is 23.4. The first-order chi connectivity index (χ1) is 11.5. The molecule has 0 saturated heterocycles. The van der Waals surface area contributed by atoms with Gasteiger partial charge in [0, 0.05) is 12.6 Å². The highest BCUT2D eigenvalue weighted by atomic mass is 16.5. The van der Waals surface area contributed by atoms with E-state index in [1.54, 1.807) is 25.3 Å². The van der Waals surface area contributed by atoms with Crippen LogP contribution >= 0.6 is 0 Å². The van der Waals surface area contributed by atoms with Gasteiger partial charge in [-0.05, 0) is 35.9 Å². The molecule has 0 aromatic heterocycles. The fourth-order valence-electron chi connectivity index (χ4n) is 2.21. The predicted molar refractivity (Wildman–Crippen MR) is 92.6 cm³/mol. The summed E-state index contributed by atoms with van der Waals surface area (Å²) < 4.78 is 10.3. The monoisotopic (exact) mass is 328 g/mol. The minimum Gasteiger partial charge on any atom is -0.497 e. The Morgan fingerprint density at radius 2 is 1.67 bits per heavy atom. The van der Waals surface area contributed by atoms with Crippen LogP contribution in [-0.4, -0.2) is 26.0 Å². The third-order valence-corrected chi connectivity index (χ3v) is 3.32. The van der Waals surface area contributed by atoms with Gasteiger partial charge in [0.2, 0.25) is 11.8 Å². The summed E-state index contributed by atoms with van der Waals surface area (Å²) >= 11 is 0. The quantitative estimate of drug-likeness (QED) is 0.855. The van der Waals surface area contributed by atoms with Crippen molar-refractivity contribution < 1.29 is 19.1 Å². The lowest BCUT2D eigenvalue weighted by Gasteiger charge is -2.12. The van der Waals surface area contributed by atoms with Gasteiger partial charge in [0.25, 0.3) is 0 Å². The van der Waals surface area contributed by atoms with E-state index in [9.17, 15) is 9.59 Å². The Bertz CT molecular complexity index is 726. The molecule has 6 heteroatoms. The van der Waals surface area contributed by atoms with Crippen molar-refractivity contribution in [2.75, 3.05) is 24.9 Å². The first-order valence-corrected chi connectivity index (χ1v) is 7.40. The molecule has 0 heterocycles. The van der Waals surface area contributed by atoms with Crippen LogP contribution in [0.25, 0.3) is 0 Å². The second-order valence-corrected chi connectivity index (χ2v) is 5.17. The van der Waals surface area contributed by atoms with Gasteiger partial charge in [0.1, 0.15) is 11.5 Å². The number of anilines is 2. The lowest BCUT2D eigenvalue weighted by atomic mass is 10.1. The summed E-state index contributed by atoms with van der Waals surface area (Å²) in [5, 5.41) is 5.48. The summed E-state index contributed by atoms with van der Waals surface area (Å²) in [6, 6.07) is 12.4. The number of hydrogen-bond donors (Lipinski definition) is 2. The van der Waals surface area contributed by atoms with Gasteiger partial charge in [-0.1, -0.05) is 12.1 Å². The second-order valence-electron chi connectivity index (χ2n) is 5.17. The van der Waals surface area contributed by atoms with Crippen LogP contribution in [0.15, 0.2) is 42.5 Å². The van der Waals surface area contributed by atoms with Crippen LogP contribution in [0.5, 0.6) is 11.5 Å².